The molecule has 0 bridgehead atoms. The Hall–Kier alpha value is -4.20. The summed E-state index contributed by atoms with van der Waals surface area (Å²) in [6.07, 6.45) is 6.34. The predicted molar refractivity (Wildman–Crippen MR) is 115 cm³/mol. The van der Waals surface area contributed by atoms with Crippen LogP contribution in [0.2, 0.25) is 0 Å². The highest BCUT2D eigenvalue weighted by Gasteiger charge is 2.27. The minimum atomic E-state index is -0.755. The second kappa shape index (κ2) is 9.74. The van der Waals surface area contributed by atoms with Crippen molar-refractivity contribution in [3.63, 3.8) is 0 Å². The van der Waals surface area contributed by atoms with Gasteiger partial charge in [0.2, 0.25) is 0 Å². The van der Waals surface area contributed by atoms with E-state index in [-0.39, 0.29) is 16.8 Å². The molecule has 0 radical (unpaired) electrons. The van der Waals surface area contributed by atoms with Crippen molar-refractivity contribution in [2.24, 2.45) is 0 Å². The Bertz CT molecular complexity index is 1150. The number of carbonyl (C=O) groups is 3. The Labute approximate surface area is 184 Å². The van der Waals surface area contributed by atoms with E-state index in [2.05, 4.69) is 4.74 Å². The third-order valence-electron chi connectivity index (χ3n) is 4.74. The normalized spacial score (nSPS) is 12.9. The van der Waals surface area contributed by atoms with Gasteiger partial charge in [-0.2, -0.15) is 0 Å². The Kier molecular flexibility index (Phi) is 6.84. The average Bonchev–Trinajstić information content (AvgIpc) is 3.05. The fourth-order valence-electron chi connectivity index (χ4n) is 3.15. The minimum Gasteiger partial charge on any atom is -0.465 e. The number of hydrogen-bond acceptors (Lipinski definition) is 7. The summed E-state index contributed by atoms with van der Waals surface area (Å²) in [6.45, 7) is 0. The van der Waals surface area contributed by atoms with Crippen molar-refractivity contribution in [2.45, 2.75) is 0 Å². The molecule has 0 saturated carbocycles. The van der Waals surface area contributed by atoms with Gasteiger partial charge in [0.1, 0.15) is 11.5 Å². The number of benzene rings is 2. The number of methoxy groups -OCH3 is 3. The van der Waals surface area contributed by atoms with Crippen LogP contribution < -0.4 is 4.90 Å². The van der Waals surface area contributed by atoms with Gasteiger partial charge in [0.05, 0.1) is 32.5 Å². The molecule has 1 heterocycles. The maximum Gasteiger partial charge on any atom is 0.355 e. The van der Waals surface area contributed by atoms with Gasteiger partial charge in [0, 0.05) is 11.9 Å². The molecule has 1 aliphatic heterocycles. The fraction of sp³-hybridized carbons (Fsp3) is 0.125. The first kappa shape index (κ1) is 22.5. The number of anilines is 1. The van der Waals surface area contributed by atoms with Gasteiger partial charge in [-0.3, -0.25) is 0 Å². The number of allylic oxidation sites excluding steroid dienone is 2. The molecule has 164 valence electrons. The quantitative estimate of drug-likeness (QED) is 0.520. The van der Waals surface area contributed by atoms with Crippen LogP contribution in [-0.2, 0) is 23.8 Å². The van der Waals surface area contributed by atoms with Crippen molar-refractivity contribution in [3.8, 4) is 11.1 Å². The molecule has 0 amide bonds. The molecule has 0 atom stereocenters. The number of esters is 3. The highest BCUT2D eigenvalue weighted by Crippen LogP contribution is 2.29. The summed E-state index contributed by atoms with van der Waals surface area (Å²) in [5.74, 6) is -2.85. The van der Waals surface area contributed by atoms with Gasteiger partial charge < -0.3 is 19.1 Å². The van der Waals surface area contributed by atoms with Crippen LogP contribution in [0.3, 0.4) is 0 Å². The van der Waals surface area contributed by atoms with E-state index in [1.807, 2.05) is 0 Å². The number of nitrogens with zero attached hydrogens (tertiary/aromatic N) is 1. The molecule has 0 N–H and O–H groups in total. The molecule has 1 aliphatic rings. The van der Waals surface area contributed by atoms with Crippen LogP contribution in [0.1, 0.15) is 10.4 Å². The van der Waals surface area contributed by atoms with Crippen molar-refractivity contribution in [2.75, 3.05) is 26.2 Å². The SMILES string of the molecule is COC(=O)C1=C(C(=O)OC)N(c2ccc(-c3ccc(C(=O)OC)c(F)c3)cc2)C=CC=C1. The molecule has 0 saturated heterocycles. The van der Waals surface area contributed by atoms with E-state index >= 15 is 0 Å². The number of ether oxygens (including phenoxy) is 3. The van der Waals surface area contributed by atoms with Crippen LogP contribution >= 0.6 is 0 Å². The standard InChI is InChI=1S/C24H20FNO6/c1-30-22(27)18-12-9-16(14-20(18)25)15-7-10-17(11-8-15)26-13-5-4-6-19(23(28)31-2)21(26)24(29)32-3/h4-14H,1-3H3. The van der Waals surface area contributed by atoms with E-state index in [0.29, 0.717) is 16.8 Å². The van der Waals surface area contributed by atoms with Gasteiger partial charge in [0.15, 0.2) is 0 Å². The summed E-state index contributed by atoms with van der Waals surface area (Å²) in [5.41, 5.74) is 1.66. The van der Waals surface area contributed by atoms with Gasteiger partial charge in [-0.25, -0.2) is 18.8 Å². The van der Waals surface area contributed by atoms with Crippen LogP contribution in [0.5, 0.6) is 0 Å². The molecule has 7 nitrogen and oxygen atoms in total. The van der Waals surface area contributed by atoms with Crippen molar-refractivity contribution in [1.29, 1.82) is 0 Å². The molecule has 0 unspecified atom stereocenters. The lowest BCUT2D eigenvalue weighted by atomic mass is 10.0. The van der Waals surface area contributed by atoms with Gasteiger partial charge >= 0.3 is 17.9 Å². The molecule has 32 heavy (non-hydrogen) atoms. The summed E-state index contributed by atoms with van der Waals surface area (Å²) < 4.78 is 28.5. The minimum absolute atomic E-state index is 0.00873. The smallest absolute Gasteiger partial charge is 0.355 e. The molecule has 0 spiro atoms. The van der Waals surface area contributed by atoms with Crippen molar-refractivity contribution in [1.82, 2.24) is 0 Å². The van der Waals surface area contributed by atoms with Crippen LogP contribution in [0.4, 0.5) is 10.1 Å². The summed E-state index contributed by atoms with van der Waals surface area (Å²) in [6, 6.07) is 11.1. The third kappa shape index (κ3) is 4.44. The van der Waals surface area contributed by atoms with E-state index in [1.165, 1.54) is 44.4 Å². The summed E-state index contributed by atoms with van der Waals surface area (Å²) >= 11 is 0. The van der Waals surface area contributed by atoms with Crippen molar-refractivity contribution < 1.29 is 33.0 Å². The lowest BCUT2D eigenvalue weighted by Gasteiger charge is -2.23. The van der Waals surface area contributed by atoms with Gasteiger partial charge in [0.25, 0.3) is 0 Å². The van der Waals surface area contributed by atoms with Crippen molar-refractivity contribution >= 4 is 23.6 Å². The monoisotopic (exact) mass is 437 g/mol. The average molecular weight is 437 g/mol. The number of rotatable bonds is 5. The molecule has 2 aromatic rings. The molecule has 0 fully saturated rings. The van der Waals surface area contributed by atoms with Crippen LogP contribution in [0, 0.1) is 5.82 Å². The van der Waals surface area contributed by atoms with E-state index < -0.39 is 23.7 Å². The maximum absolute atomic E-state index is 14.3. The first-order chi connectivity index (χ1) is 15.4. The van der Waals surface area contributed by atoms with Crippen LogP contribution in [0.25, 0.3) is 11.1 Å². The predicted octanol–water partition coefficient (Wildman–Crippen LogP) is 3.77. The first-order valence-corrected chi connectivity index (χ1v) is 9.44. The first-order valence-electron chi connectivity index (χ1n) is 9.44. The Balaban J connectivity index is 2.00. The summed E-state index contributed by atoms with van der Waals surface area (Å²) in [4.78, 5) is 37.8. The zero-order valence-electron chi connectivity index (χ0n) is 17.6. The Morgan fingerprint density at radius 2 is 1.41 bits per heavy atom. The zero-order valence-corrected chi connectivity index (χ0v) is 17.6. The number of carbonyl (C=O) groups excluding carboxylic acids is 3. The maximum atomic E-state index is 14.3. The highest BCUT2D eigenvalue weighted by molar-refractivity contribution is 6.05. The molecular formula is C24H20FNO6. The molecule has 3 rings (SSSR count). The molecule has 0 aromatic heterocycles. The third-order valence-corrected chi connectivity index (χ3v) is 4.74. The highest BCUT2D eigenvalue weighted by atomic mass is 19.1. The Morgan fingerprint density at radius 3 is 2.00 bits per heavy atom. The van der Waals surface area contributed by atoms with Crippen molar-refractivity contribution in [3.05, 3.63) is 89.5 Å². The Morgan fingerprint density at radius 1 is 0.781 bits per heavy atom. The number of hydrogen-bond donors (Lipinski definition) is 0. The van der Waals surface area contributed by atoms with E-state index in [0.717, 1.165) is 0 Å². The van der Waals surface area contributed by atoms with E-state index in [1.54, 1.807) is 48.7 Å². The lowest BCUT2D eigenvalue weighted by molar-refractivity contribution is -0.139. The molecular weight excluding hydrogens is 417 g/mol. The molecule has 8 heteroatoms. The topological polar surface area (TPSA) is 82.1 Å². The lowest BCUT2D eigenvalue weighted by Crippen LogP contribution is -2.26. The number of halogens is 1. The largest absolute Gasteiger partial charge is 0.465 e. The van der Waals surface area contributed by atoms with Crippen LogP contribution in [0.15, 0.2) is 78.2 Å². The van der Waals surface area contributed by atoms with Gasteiger partial charge in [-0.1, -0.05) is 24.3 Å². The second-order valence-electron chi connectivity index (χ2n) is 6.55. The fourth-order valence-corrected chi connectivity index (χ4v) is 3.15. The second-order valence-corrected chi connectivity index (χ2v) is 6.55. The van der Waals surface area contributed by atoms with Gasteiger partial charge in [-0.05, 0) is 47.5 Å². The molecule has 0 aliphatic carbocycles. The van der Waals surface area contributed by atoms with Crippen LogP contribution in [-0.4, -0.2) is 39.2 Å². The van der Waals surface area contributed by atoms with E-state index in [9.17, 15) is 18.8 Å². The summed E-state index contributed by atoms with van der Waals surface area (Å²) in [7, 11) is 3.63. The molecule has 2 aromatic carbocycles. The summed E-state index contributed by atoms with van der Waals surface area (Å²) in [5, 5.41) is 0. The zero-order chi connectivity index (χ0) is 23.3. The van der Waals surface area contributed by atoms with Gasteiger partial charge in [-0.15, -0.1) is 0 Å². The van der Waals surface area contributed by atoms with E-state index in [4.69, 9.17) is 9.47 Å².